The third-order valence-electron chi connectivity index (χ3n) is 2.63. The normalized spacial score (nSPS) is 14.4. The number of hydrogen-bond acceptors (Lipinski definition) is 2. The average Bonchev–Trinajstić information content (AvgIpc) is 2.24. The van der Waals surface area contributed by atoms with E-state index in [-0.39, 0.29) is 10.2 Å². The summed E-state index contributed by atoms with van der Waals surface area (Å²) in [4.78, 5) is 0.454. The Kier molecular flexibility index (Phi) is 5.59. The Morgan fingerprint density at radius 2 is 1.95 bits per heavy atom. The number of nitrogens with one attached hydrogen (secondary N) is 1. The molecule has 0 amide bonds. The maximum Gasteiger partial charge on any atom is 0.240 e. The predicted molar refractivity (Wildman–Crippen MR) is 83.2 cm³/mol. The van der Waals surface area contributed by atoms with Crippen molar-refractivity contribution in [1.82, 2.24) is 4.72 Å². The summed E-state index contributed by atoms with van der Waals surface area (Å²) in [5.74, 6) is 0. The quantitative estimate of drug-likeness (QED) is 0.828. The number of sulfonamides is 1. The van der Waals surface area contributed by atoms with Crippen molar-refractivity contribution >= 4 is 26.0 Å². The van der Waals surface area contributed by atoms with Gasteiger partial charge in [-0.15, -0.1) is 0 Å². The zero-order valence-electron chi connectivity index (χ0n) is 11.9. The van der Waals surface area contributed by atoms with Gasteiger partial charge in [0.25, 0.3) is 0 Å². The van der Waals surface area contributed by atoms with Gasteiger partial charge >= 0.3 is 0 Å². The van der Waals surface area contributed by atoms with Crippen LogP contribution in [-0.4, -0.2) is 19.8 Å². The van der Waals surface area contributed by atoms with Gasteiger partial charge < -0.3 is 0 Å². The van der Waals surface area contributed by atoms with E-state index in [9.17, 15) is 8.42 Å². The van der Waals surface area contributed by atoms with Gasteiger partial charge in [-0.3, -0.25) is 0 Å². The molecule has 1 atom stereocenters. The zero-order valence-corrected chi connectivity index (χ0v) is 14.3. The number of hydrogen-bond donors (Lipinski definition) is 1. The van der Waals surface area contributed by atoms with Crippen LogP contribution in [-0.2, 0) is 10.0 Å². The highest BCUT2D eigenvalue weighted by molar-refractivity contribution is 9.09. The molecule has 0 heterocycles. The van der Waals surface area contributed by atoms with Gasteiger partial charge in [-0.05, 0) is 36.5 Å². The molecule has 1 aromatic rings. The van der Waals surface area contributed by atoms with Crippen LogP contribution in [0.15, 0.2) is 29.2 Å². The molecule has 0 aliphatic heterocycles. The highest BCUT2D eigenvalue weighted by Gasteiger charge is 2.19. The summed E-state index contributed by atoms with van der Waals surface area (Å²) in [6, 6.07) is 6.92. The molecule has 0 saturated heterocycles. The highest BCUT2D eigenvalue weighted by Crippen LogP contribution is 2.24. The Bertz CT molecular complexity index is 520. The minimum absolute atomic E-state index is 0.132. The summed E-state index contributed by atoms with van der Waals surface area (Å²) in [6.07, 6.45) is 0.906. The summed E-state index contributed by atoms with van der Waals surface area (Å²) in [5.41, 5.74) is 1.11. The van der Waals surface area contributed by atoms with Gasteiger partial charge in [-0.2, -0.15) is 0 Å². The first-order valence-corrected chi connectivity index (χ1v) is 8.70. The van der Waals surface area contributed by atoms with Crippen molar-refractivity contribution in [1.29, 1.82) is 0 Å². The number of alkyl halides is 1. The van der Waals surface area contributed by atoms with Gasteiger partial charge in [0.05, 0.1) is 4.90 Å². The van der Waals surface area contributed by atoms with Crippen LogP contribution in [0.3, 0.4) is 0 Å². The third-order valence-corrected chi connectivity index (χ3v) is 4.70. The van der Waals surface area contributed by atoms with Crippen LogP contribution < -0.4 is 4.72 Å². The highest BCUT2D eigenvalue weighted by atomic mass is 79.9. The minimum Gasteiger partial charge on any atom is -0.210 e. The van der Waals surface area contributed by atoms with E-state index in [0.29, 0.717) is 11.4 Å². The van der Waals surface area contributed by atoms with Crippen molar-refractivity contribution in [2.75, 3.05) is 6.54 Å². The van der Waals surface area contributed by atoms with E-state index in [1.165, 1.54) is 0 Å². The molecule has 0 bridgehead atoms. The van der Waals surface area contributed by atoms with E-state index in [0.717, 1.165) is 12.0 Å². The van der Waals surface area contributed by atoms with E-state index in [1.807, 2.05) is 13.0 Å². The van der Waals surface area contributed by atoms with Crippen molar-refractivity contribution in [3.8, 4) is 0 Å². The van der Waals surface area contributed by atoms with Gasteiger partial charge in [-0.1, -0.05) is 48.8 Å². The number of benzene rings is 1. The Morgan fingerprint density at radius 1 is 1.32 bits per heavy atom. The molecule has 0 aliphatic rings. The van der Waals surface area contributed by atoms with Crippen LogP contribution >= 0.6 is 15.9 Å². The van der Waals surface area contributed by atoms with Crippen LogP contribution in [0.2, 0.25) is 0 Å². The molecule has 1 N–H and O–H groups in total. The Labute approximate surface area is 125 Å². The fourth-order valence-corrected chi connectivity index (χ4v) is 4.34. The van der Waals surface area contributed by atoms with Crippen molar-refractivity contribution in [2.45, 2.75) is 43.8 Å². The van der Waals surface area contributed by atoms with E-state index < -0.39 is 10.0 Å². The van der Waals surface area contributed by atoms with Gasteiger partial charge in [0.1, 0.15) is 0 Å². The molecule has 1 aromatic carbocycles. The summed E-state index contributed by atoms with van der Waals surface area (Å²) < 4.78 is 26.9. The molecular weight excluding hydrogens is 326 g/mol. The number of rotatable bonds is 5. The topological polar surface area (TPSA) is 46.2 Å². The monoisotopic (exact) mass is 347 g/mol. The summed E-state index contributed by atoms with van der Waals surface area (Å²) in [5, 5.41) is 0. The van der Waals surface area contributed by atoms with Gasteiger partial charge in [0.15, 0.2) is 0 Å². The van der Waals surface area contributed by atoms with E-state index >= 15 is 0 Å². The smallest absolute Gasteiger partial charge is 0.210 e. The lowest BCUT2D eigenvalue weighted by Crippen LogP contribution is -2.31. The van der Waals surface area contributed by atoms with Gasteiger partial charge in [0.2, 0.25) is 10.0 Å². The van der Waals surface area contributed by atoms with Gasteiger partial charge in [-0.25, -0.2) is 13.1 Å². The number of aryl methyl sites for hydroxylation is 1. The van der Waals surface area contributed by atoms with Crippen LogP contribution in [0, 0.1) is 12.3 Å². The fourth-order valence-electron chi connectivity index (χ4n) is 1.80. The molecule has 0 aromatic heterocycles. The lowest BCUT2D eigenvalue weighted by Gasteiger charge is -2.22. The number of halogens is 1. The molecule has 19 heavy (non-hydrogen) atoms. The standard InChI is InChI=1S/C14H22BrNO2S/c1-11-6-5-7-13(8-11)19(17,18)16-10-12(15)9-14(2,3)4/h5-8,12,16H,9-10H2,1-4H3. The fraction of sp³-hybridized carbons (Fsp3) is 0.571. The van der Waals surface area contributed by atoms with Crippen LogP contribution in [0.25, 0.3) is 0 Å². The molecule has 5 heteroatoms. The van der Waals surface area contributed by atoms with Crippen molar-refractivity contribution < 1.29 is 8.42 Å². The summed E-state index contributed by atoms with van der Waals surface area (Å²) in [7, 11) is -3.41. The second-order valence-electron chi connectivity index (χ2n) is 6.03. The molecular formula is C14H22BrNO2S. The first kappa shape index (κ1) is 16.7. The molecule has 108 valence electrons. The van der Waals surface area contributed by atoms with Crippen LogP contribution in [0.4, 0.5) is 0 Å². The molecule has 0 saturated carbocycles. The molecule has 0 spiro atoms. The van der Waals surface area contributed by atoms with E-state index in [1.54, 1.807) is 18.2 Å². The summed E-state index contributed by atoms with van der Waals surface area (Å²) >= 11 is 3.53. The average molecular weight is 348 g/mol. The molecule has 1 unspecified atom stereocenters. The van der Waals surface area contributed by atoms with Crippen LogP contribution in [0.1, 0.15) is 32.8 Å². The Morgan fingerprint density at radius 3 is 2.47 bits per heavy atom. The summed E-state index contributed by atoms with van der Waals surface area (Å²) in [6.45, 7) is 8.68. The molecule has 0 aliphatic carbocycles. The molecule has 0 fully saturated rings. The maximum atomic E-state index is 12.1. The minimum atomic E-state index is -3.41. The Hall–Kier alpha value is -0.390. The van der Waals surface area contributed by atoms with Crippen molar-refractivity contribution in [2.24, 2.45) is 5.41 Å². The van der Waals surface area contributed by atoms with E-state index in [2.05, 4.69) is 41.4 Å². The molecule has 0 radical (unpaired) electrons. The van der Waals surface area contributed by atoms with Crippen molar-refractivity contribution in [3.05, 3.63) is 29.8 Å². The second kappa shape index (κ2) is 6.37. The van der Waals surface area contributed by atoms with Gasteiger partial charge in [0, 0.05) is 11.4 Å². The second-order valence-corrected chi connectivity index (χ2v) is 9.09. The largest absolute Gasteiger partial charge is 0.240 e. The first-order chi connectivity index (χ1) is 8.60. The lowest BCUT2D eigenvalue weighted by atomic mass is 9.91. The van der Waals surface area contributed by atoms with Crippen LogP contribution in [0.5, 0.6) is 0 Å². The third kappa shape index (κ3) is 6.06. The Balaban J connectivity index is 2.66. The van der Waals surface area contributed by atoms with Crippen molar-refractivity contribution in [3.63, 3.8) is 0 Å². The molecule has 1 rings (SSSR count). The zero-order chi connectivity index (χ0) is 14.7. The maximum absolute atomic E-state index is 12.1. The first-order valence-electron chi connectivity index (χ1n) is 6.30. The van der Waals surface area contributed by atoms with E-state index in [4.69, 9.17) is 0 Å². The lowest BCUT2D eigenvalue weighted by molar-refractivity contribution is 0.373. The molecule has 3 nitrogen and oxygen atoms in total. The SMILES string of the molecule is Cc1cccc(S(=O)(=O)NCC(Br)CC(C)(C)C)c1. The predicted octanol–water partition coefficient (Wildman–Crippen LogP) is 3.47.